The molecule has 3 aromatic rings. The van der Waals surface area contributed by atoms with Gasteiger partial charge >= 0.3 is 0 Å². The summed E-state index contributed by atoms with van der Waals surface area (Å²) >= 11 is 0. The highest BCUT2D eigenvalue weighted by molar-refractivity contribution is 5.85. The van der Waals surface area contributed by atoms with Gasteiger partial charge in [0.1, 0.15) is 11.8 Å². The lowest BCUT2D eigenvalue weighted by atomic mass is 9.96. The van der Waals surface area contributed by atoms with Gasteiger partial charge in [-0.15, -0.1) is 0 Å². The molecule has 1 saturated heterocycles. The maximum atomic E-state index is 9.40. The zero-order chi connectivity index (χ0) is 20.5. The quantitative estimate of drug-likeness (QED) is 0.700. The molecule has 30 heavy (non-hydrogen) atoms. The third-order valence-corrected chi connectivity index (χ3v) is 6.96. The van der Waals surface area contributed by atoms with Crippen LogP contribution in [0.15, 0.2) is 48.7 Å². The third-order valence-electron chi connectivity index (χ3n) is 6.96. The number of aromatic nitrogens is 1. The number of aromatic amines is 1. The Bertz CT molecular complexity index is 1070. The summed E-state index contributed by atoms with van der Waals surface area (Å²) in [6.45, 7) is 4.12. The molecule has 2 aromatic carbocycles. The number of nitriles is 1. The van der Waals surface area contributed by atoms with Crippen molar-refractivity contribution in [3.05, 3.63) is 59.8 Å². The Kier molecular flexibility index (Phi) is 5.10. The number of nitrogens with one attached hydrogen (secondary N) is 1. The normalized spacial score (nSPS) is 22.3. The Morgan fingerprint density at radius 1 is 1.07 bits per heavy atom. The Morgan fingerprint density at radius 2 is 1.90 bits per heavy atom. The van der Waals surface area contributed by atoms with Crippen LogP contribution in [0.5, 0.6) is 5.75 Å². The number of rotatable bonds is 4. The van der Waals surface area contributed by atoms with Gasteiger partial charge in [-0.1, -0.05) is 12.1 Å². The molecule has 2 heterocycles. The topological polar surface area (TPSA) is 55.3 Å². The van der Waals surface area contributed by atoms with Gasteiger partial charge in [0.05, 0.1) is 18.4 Å². The number of anilines is 1. The van der Waals surface area contributed by atoms with Crippen LogP contribution in [0.3, 0.4) is 0 Å². The van der Waals surface area contributed by atoms with Gasteiger partial charge in [-0.2, -0.15) is 5.26 Å². The number of para-hydroxylation sites is 1. The molecule has 5 nitrogen and oxygen atoms in total. The van der Waals surface area contributed by atoms with E-state index in [-0.39, 0.29) is 0 Å². The van der Waals surface area contributed by atoms with E-state index >= 15 is 0 Å². The van der Waals surface area contributed by atoms with Crippen LogP contribution >= 0.6 is 0 Å². The number of ether oxygens (including phenoxy) is 1. The fraction of sp³-hybridized carbons (Fsp3) is 0.400. The lowest BCUT2D eigenvalue weighted by Crippen LogP contribution is -2.50. The molecule has 2 atom stereocenters. The SMILES string of the molecule is COc1ccc2[nH]cc(C3CCC(N4CCN(c5ccccc5C#N)CC4)C3)c2c1. The summed E-state index contributed by atoms with van der Waals surface area (Å²) in [6, 6.07) is 17.2. The summed E-state index contributed by atoms with van der Waals surface area (Å²) in [5.74, 6) is 1.53. The molecule has 2 fully saturated rings. The molecule has 1 N–H and O–H groups in total. The second-order valence-electron chi connectivity index (χ2n) is 8.47. The molecule has 1 aromatic heterocycles. The average molecular weight is 401 g/mol. The number of H-pyrrole nitrogens is 1. The number of nitrogens with zero attached hydrogens (tertiary/aromatic N) is 3. The van der Waals surface area contributed by atoms with Crippen LogP contribution in [0.1, 0.15) is 36.3 Å². The molecule has 154 valence electrons. The molecular formula is C25H28N4O. The van der Waals surface area contributed by atoms with Crippen LogP contribution < -0.4 is 9.64 Å². The largest absolute Gasteiger partial charge is 0.497 e. The Balaban J connectivity index is 1.25. The van der Waals surface area contributed by atoms with Crippen molar-refractivity contribution in [1.29, 1.82) is 5.26 Å². The van der Waals surface area contributed by atoms with Crippen molar-refractivity contribution < 1.29 is 4.74 Å². The van der Waals surface area contributed by atoms with Gasteiger partial charge in [-0.3, -0.25) is 4.90 Å². The number of hydrogen-bond donors (Lipinski definition) is 1. The van der Waals surface area contributed by atoms with Crippen LogP contribution in [0, 0.1) is 11.3 Å². The predicted molar refractivity (Wildman–Crippen MR) is 120 cm³/mol. The van der Waals surface area contributed by atoms with E-state index in [4.69, 9.17) is 4.74 Å². The first-order valence-corrected chi connectivity index (χ1v) is 10.9. The minimum atomic E-state index is 0.605. The number of hydrogen-bond acceptors (Lipinski definition) is 4. The first kappa shape index (κ1) is 19.0. The molecule has 1 aliphatic heterocycles. The molecule has 0 radical (unpaired) electrons. The molecule has 5 rings (SSSR count). The van der Waals surface area contributed by atoms with E-state index in [1.807, 2.05) is 24.3 Å². The van der Waals surface area contributed by atoms with E-state index in [9.17, 15) is 5.26 Å². The predicted octanol–water partition coefficient (Wildman–Crippen LogP) is 4.51. The van der Waals surface area contributed by atoms with Gasteiger partial charge in [0, 0.05) is 49.3 Å². The Hall–Kier alpha value is -2.97. The van der Waals surface area contributed by atoms with Crippen LogP contribution in [-0.4, -0.2) is 49.2 Å². The summed E-state index contributed by atoms with van der Waals surface area (Å²) < 4.78 is 5.44. The second-order valence-corrected chi connectivity index (χ2v) is 8.47. The molecule has 2 unspecified atom stereocenters. The Labute approximate surface area is 177 Å². The highest BCUT2D eigenvalue weighted by Crippen LogP contribution is 2.41. The highest BCUT2D eigenvalue weighted by Gasteiger charge is 2.33. The molecule has 5 heteroatoms. The number of benzene rings is 2. The fourth-order valence-corrected chi connectivity index (χ4v) is 5.33. The van der Waals surface area contributed by atoms with Crippen molar-refractivity contribution in [3.8, 4) is 11.8 Å². The van der Waals surface area contributed by atoms with E-state index in [0.717, 1.165) is 43.2 Å². The van der Waals surface area contributed by atoms with E-state index in [2.05, 4.69) is 45.2 Å². The first-order chi connectivity index (χ1) is 14.8. The van der Waals surface area contributed by atoms with E-state index in [0.29, 0.717) is 12.0 Å². The van der Waals surface area contributed by atoms with Gasteiger partial charge in [-0.25, -0.2) is 0 Å². The summed E-state index contributed by atoms with van der Waals surface area (Å²) in [5, 5.41) is 10.7. The van der Waals surface area contributed by atoms with Crippen LogP contribution in [0.4, 0.5) is 5.69 Å². The molecule has 1 saturated carbocycles. The van der Waals surface area contributed by atoms with Crippen LogP contribution in [-0.2, 0) is 0 Å². The van der Waals surface area contributed by atoms with Crippen molar-refractivity contribution >= 4 is 16.6 Å². The molecule has 0 spiro atoms. The standard InChI is InChI=1S/C25H28N4O/c1-30-21-8-9-24-22(15-21)23(17-27-24)18-6-7-20(14-18)28-10-12-29(13-11-28)25-5-3-2-4-19(25)16-26/h2-5,8-9,15,17-18,20,27H,6-7,10-14H2,1H3. The minimum Gasteiger partial charge on any atom is -0.497 e. The van der Waals surface area contributed by atoms with Crippen molar-refractivity contribution in [2.24, 2.45) is 0 Å². The van der Waals surface area contributed by atoms with Gasteiger partial charge < -0.3 is 14.6 Å². The minimum absolute atomic E-state index is 0.605. The van der Waals surface area contributed by atoms with Crippen LogP contribution in [0.2, 0.25) is 0 Å². The summed E-state index contributed by atoms with van der Waals surface area (Å²) in [4.78, 5) is 8.48. The smallest absolute Gasteiger partial charge is 0.119 e. The van der Waals surface area contributed by atoms with Crippen molar-refractivity contribution in [2.45, 2.75) is 31.2 Å². The van der Waals surface area contributed by atoms with Crippen molar-refractivity contribution in [1.82, 2.24) is 9.88 Å². The maximum Gasteiger partial charge on any atom is 0.119 e. The van der Waals surface area contributed by atoms with E-state index in [1.165, 1.54) is 35.7 Å². The van der Waals surface area contributed by atoms with Crippen molar-refractivity contribution in [2.75, 3.05) is 38.2 Å². The van der Waals surface area contributed by atoms with E-state index in [1.54, 1.807) is 7.11 Å². The second kappa shape index (κ2) is 8.04. The molecule has 1 aliphatic carbocycles. The number of piperazine rings is 1. The lowest BCUT2D eigenvalue weighted by Gasteiger charge is -2.39. The fourth-order valence-electron chi connectivity index (χ4n) is 5.33. The van der Waals surface area contributed by atoms with E-state index < -0.39 is 0 Å². The molecular weight excluding hydrogens is 372 g/mol. The highest BCUT2D eigenvalue weighted by atomic mass is 16.5. The Morgan fingerprint density at radius 3 is 2.70 bits per heavy atom. The lowest BCUT2D eigenvalue weighted by molar-refractivity contribution is 0.186. The monoisotopic (exact) mass is 400 g/mol. The van der Waals surface area contributed by atoms with Gasteiger partial charge in [0.25, 0.3) is 0 Å². The van der Waals surface area contributed by atoms with Gasteiger partial charge in [-0.05, 0) is 61.1 Å². The zero-order valence-corrected chi connectivity index (χ0v) is 17.5. The number of fused-ring (bicyclic) bond motifs is 1. The number of methoxy groups -OCH3 is 1. The summed E-state index contributed by atoms with van der Waals surface area (Å²) in [5.41, 5.74) is 4.49. The summed E-state index contributed by atoms with van der Waals surface area (Å²) in [6.07, 6.45) is 5.93. The molecule has 2 aliphatic rings. The van der Waals surface area contributed by atoms with Gasteiger partial charge in [0.15, 0.2) is 0 Å². The molecule has 0 bridgehead atoms. The molecule has 0 amide bonds. The van der Waals surface area contributed by atoms with Crippen molar-refractivity contribution in [3.63, 3.8) is 0 Å². The first-order valence-electron chi connectivity index (χ1n) is 10.9. The average Bonchev–Trinajstić information content (AvgIpc) is 3.45. The van der Waals surface area contributed by atoms with Crippen LogP contribution in [0.25, 0.3) is 10.9 Å². The summed E-state index contributed by atoms with van der Waals surface area (Å²) in [7, 11) is 1.73. The third kappa shape index (κ3) is 3.42. The maximum absolute atomic E-state index is 9.40. The van der Waals surface area contributed by atoms with Gasteiger partial charge in [0.2, 0.25) is 0 Å². The zero-order valence-electron chi connectivity index (χ0n) is 17.5.